The molecule has 7 heteroatoms. The number of hydrogen-bond donors (Lipinski definition) is 3. The first-order valence-corrected chi connectivity index (χ1v) is 5.58. The lowest BCUT2D eigenvalue weighted by Crippen LogP contribution is -2.28. The van der Waals surface area contributed by atoms with Gasteiger partial charge >= 0.3 is 0 Å². The molecule has 0 aliphatic heterocycles. The Labute approximate surface area is 98.7 Å². The summed E-state index contributed by atoms with van der Waals surface area (Å²) in [5.41, 5.74) is 6.27. The minimum absolute atomic E-state index is 0.0727. The first-order chi connectivity index (χ1) is 8.26. The molecule has 0 fully saturated rings. The summed E-state index contributed by atoms with van der Waals surface area (Å²) >= 11 is 0. The van der Waals surface area contributed by atoms with Gasteiger partial charge in [-0.25, -0.2) is 0 Å². The van der Waals surface area contributed by atoms with Crippen LogP contribution >= 0.6 is 0 Å². The van der Waals surface area contributed by atoms with Gasteiger partial charge in [-0.3, -0.25) is 5.10 Å². The topological polar surface area (TPSA) is 104 Å². The van der Waals surface area contributed by atoms with Crippen LogP contribution in [0.15, 0.2) is 6.20 Å². The number of H-pyrrole nitrogens is 1. The van der Waals surface area contributed by atoms with Crippen molar-refractivity contribution in [1.82, 2.24) is 20.2 Å². The summed E-state index contributed by atoms with van der Waals surface area (Å²) < 4.78 is 0. The zero-order chi connectivity index (χ0) is 12.3. The van der Waals surface area contributed by atoms with Crippen LogP contribution < -0.4 is 10.6 Å². The minimum atomic E-state index is 0.0727. The van der Waals surface area contributed by atoms with E-state index in [0.717, 1.165) is 24.2 Å². The standard InChI is InChI=1S/C10H16N6O/c1-2-3-16(4-5-17)9-7-6-12-15-8(7)13-10(11)14-9/h6,17H,2-5H2,1H3,(H3,11,12,13,14,15). The Kier molecular flexibility index (Phi) is 3.38. The number of nitrogens with zero attached hydrogens (tertiary/aromatic N) is 4. The average molecular weight is 236 g/mol. The third-order valence-electron chi connectivity index (χ3n) is 2.47. The average Bonchev–Trinajstić information content (AvgIpc) is 2.75. The molecule has 0 aliphatic carbocycles. The molecule has 0 radical (unpaired) electrons. The number of fused-ring (bicyclic) bond motifs is 1. The minimum Gasteiger partial charge on any atom is -0.395 e. The summed E-state index contributed by atoms with van der Waals surface area (Å²) in [6.45, 7) is 3.46. The lowest BCUT2D eigenvalue weighted by Gasteiger charge is -2.22. The van der Waals surface area contributed by atoms with Crippen LogP contribution in [0.2, 0.25) is 0 Å². The number of aliphatic hydroxyl groups is 1. The zero-order valence-corrected chi connectivity index (χ0v) is 9.72. The summed E-state index contributed by atoms with van der Waals surface area (Å²) in [5, 5.41) is 16.6. The van der Waals surface area contributed by atoms with Gasteiger partial charge in [0.2, 0.25) is 5.95 Å². The van der Waals surface area contributed by atoms with Crippen molar-refractivity contribution in [3.05, 3.63) is 6.20 Å². The van der Waals surface area contributed by atoms with Crippen molar-refractivity contribution >= 4 is 22.8 Å². The third-order valence-corrected chi connectivity index (χ3v) is 2.47. The number of rotatable bonds is 5. The summed E-state index contributed by atoms with van der Waals surface area (Å²) in [7, 11) is 0. The van der Waals surface area contributed by atoms with Gasteiger partial charge < -0.3 is 15.7 Å². The maximum Gasteiger partial charge on any atom is 0.224 e. The summed E-state index contributed by atoms with van der Waals surface area (Å²) in [4.78, 5) is 10.3. The fraction of sp³-hybridized carbons (Fsp3) is 0.500. The van der Waals surface area contributed by atoms with E-state index in [0.29, 0.717) is 12.2 Å². The molecule has 0 unspecified atom stereocenters. The number of nitrogens with two attached hydrogens (primary N) is 1. The van der Waals surface area contributed by atoms with Gasteiger partial charge in [-0.1, -0.05) is 6.92 Å². The molecule has 0 atom stereocenters. The van der Waals surface area contributed by atoms with Gasteiger partial charge in [0, 0.05) is 13.1 Å². The highest BCUT2D eigenvalue weighted by Crippen LogP contribution is 2.22. The van der Waals surface area contributed by atoms with Crippen molar-refractivity contribution in [3.8, 4) is 0 Å². The van der Waals surface area contributed by atoms with Crippen LogP contribution in [0.4, 0.5) is 11.8 Å². The van der Waals surface area contributed by atoms with Gasteiger partial charge in [-0.05, 0) is 6.42 Å². The van der Waals surface area contributed by atoms with Gasteiger partial charge in [0.15, 0.2) is 5.65 Å². The molecule has 0 saturated carbocycles. The van der Waals surface area contributed by atoms with Crippen LogP contribution in [-0.2, 0) is 0 Å². The Bertz CT molecular complexity index is 491. The Balaban J connectivity index is 2.46. The molecule has 17 heavy (non-hydrogen) atoms. The predicted molar refractivity (Wildman–Crippen MR) is 65.7 cm³/mol. The predicted octanol–water partition coefficient (Wildman–Crippen LogP) is 0.144. The Morgan fingerprint density at radius 3 is 2.94 bits per heavy atom. The van der Waals surface area contributed by atoms with Gasteiger partial charge in [0.1, 0.15) is 5.82 Å². The van der Waals surface area contributed by atoms with Crippen molar-refractivity contribution in [2.45, 2.75) is 13.3 Å². The maximum atomic E-state index is 9.08. The number of nitrogens with one attached hydrogen (secondary N) is 1. The summed E-state index contributed by atoms with van der Waals surface area (Å²) in [6, 6.07) is 0. The molecule has 7 nitrogen and oxygen atoms in total. The summed E-state index contributed by atoms with van der Waals surface area (Å²) in [5.74, 6) is 0.924. The van der Waals surface area contributed by atoms with E-state index in [2.05, 4.69) is 27.1 Å². The molecule has 0 bridgehead atoms. The molecule has 0 aromatic carbocycles. The van der Waals surface area contributed by atoms with Crippen LogP contribution in [0.25, 0.3) is 11.0 Å². The first-order valence-electron chi connectivity index (χ1n) is 5.58. The van der Waals surface area contributed by atoms with E-state index >= 15 is 0 Å². The highest BCUT2D eigenvalue weighted by Gasteiger charge is 2.14. The number of hydrogen-bond acceptors (Lipinski definition) is 6. The zero-order valence-electron chi connectivity index (χ0n) is 9.72. The van der Waals surface area contributed by atoms with Gasteiger partial charge in [0.25, 0.3) is 0 Å². The SMILES string of the molecule is CCCN(CCO)c1nc(N)nc2[nH]ncc12. The molecule has 2 heterocycles. The van der Waals surface area contributed by atoms with Crippen molar-refractivity contribution in [3.63, 3.8) is 0 Å². The fourth-order valence-corrected chi connectivity index (χ4v) is 1.79. The van der Waals surface area contributed by atoms with E-state index in [9.17, 15) is 0 Å². The number of anilines is 2. The molecule has 0 amide bonds. The molecule has 2 aromatic heterocycles. The molecule has 2 rings (SSSR count). The maximum absolute atomic E-state index is 9.08. The molecule has 0 aliphatic rings. The lowest BCUT2D eigenvalue weighted by atomic mass is 10.3. The quantitative estimate of drug-likeness (QED) is 0.682. The molecular formula is C10H16N6O. The second kappa shape index (κ2) is 4.96. The van der Waals surface area contributed by atoms with E-state index in [-0.39, 0.29) is 12.6 Å². The number of aliphatic hydroxyl groups excluding tert-OH is 1. The molecular weight excluding hydrogens is 220 g/mol. The van der Waals surface area contributed by atoms with Crippen molar-refractivity contribution in [2.24, 2.45) is 0 Å². The molecule has 92 valence electrons. The van der Waals surface area contributed by atoms with Crippen molar-refractivity contribution < 1.29 is 5.11 Å². The Morgan fingerprint density at radius 1 is 1.41 bits per heavy atom. The Morgan fingerprint density at radius 2 is 2.24 bits per heavy atom. The fourth-order valence-electron chi connectivity index (χ4n) is 1.79. The number of aromatic amines is 1. The summed E-state index contributed by atoms with van der Waals surface area (Å²) in [6.07, 6.45) is 2.63. The Hall–Kier alpha value is -1.89. The number of nitrogen functional groups attached to an aromatic ring is 1. The molecule has 2 aromatic rings. The molecule has 0 saturated heterocycles. The largest absolute Gasteiger partial charge is 0.395 e. The second-order valence-corrected chi connectivity index (χ2v) is 3.75. The first kappa shape index (κ1) is 11.6. The lowest BCUT2D eigenvalue weighted by molar-refractivity contribution is 0.301. The van der Waals surface area contributed by atoms with Gasteiger partial charge in [-0.15, -0.1) is 0 Å². The van der Waals surface area contributed by atoms with E-state index < -0.39 is 0 Å². The van der Waals surface area contributed by atoms with Crippen LogP contribution in [-0.4, -0.2) is 45.0 Å². The van der Waals surface area contributed by atoms with E-state index in [1.165, 1.54) is 0 Å². The van der Waals surface area contributed by atoms with Gasteiger partial charge in [-0.2, -0.15) is 15.1 Å². The van der Waals surface area contributed by atoms with E-state index in [4.69, 9.17) is 10.8 Å². The second-order valence-electron chi connectivity index (χ2n) is 3.75. The molecule has 4 N–H and O–H groups in total. The molecule has 0 spiro atoms. The normalized spacial score (nSPS) is 10.9. The van der Waals surface area contributed by atoms with Crippen molar-refractivity contribution in [1.29, 1.82) is 0 Å². The van der Waals surface area contributed by atoms with Crippen molar-refractivity contribution in [2.75, 3.05) is 30.3 Å². The van der Waals surface area contributed by atoms with Crippen LogP contribution in [0.5, 0.6) is 0 Å². The smallest absolute Gasteiger partial charge is 0.224 e. The third kappa shape index (κ3) is 2.28. The van der Waals surface area contributed by atoms with Crippen LogP contribution in [0, 0.1) is 0 Å². The van der Waals surface area contributed by atoms with Gasteiger partial charge in [0.05, 0.1) is 18.2 Å². The highest BCUT2D eigenvalue weighted by molar-refractivity contribution is 5.87. The van der Waals surface area contributed by atoms with Crippen LogP contribution in [0.1, 0.15) is 13.3 Å². The highest BCUT2D eigenvalue weighted by atomic mass is 16.3. The monoisotopic (exact) mass is 236 g/mol. The van der Waals surface area contributed by atoms with E-state index in [1.54, 1.807) is 6.20 Å². The number of aromatic nitrogens is 4. The van der Waals surface area contributed by atoms with E-state index in [1.807, 2.05) is 4.90 Å². The van der Waals surface area contributed by atoms with Crippen LogP contribution in [0.3, 0.4) is 0 Å².